The molecule has 0 spiro atoms. The molecule has 0 saturated carbocycles. The number of halogens is 1. The van der Waals surface area contributed by atoms with Crippen LogP contribution in [0.1, 0.15) is 5.56 Å². The molecule has 1 aromatic rings. The summed E-state index contributed by atoms with van der Waals surface area (Å²) in [5.74, 6) is 1.08. The molecule has 0 amide bonds. The van der Waals surface area contributed by atoms with Crippen LogP contribution in [0.4, 0.5) is 0 Å². The zero-order chi connectivity index (χ0) is 7.68. The first-order valence-electron chi connectivity index (χ1n) is 3.45. The maximum absolute atomic E-state index is 5.83. The van der Waals surface area contributed by atoms with Gasteiger partial charge in [0.25, 0.3) is 0 Å². The van der Waals surface area contributed by atoms with Crippen LogP contribution in [0.25, 0.3) is 6.08 Å². The SMILES string of the molecule is Clc1ccc2c(c1)C=CCS2. The average molecular weight is 183 g/mol. The molecule has 0 radical (unpaired) electrons. The number of thioether (sulfide) groups is 1. The maximum Gasteiger partial charge on any atom is 0.0412 e. The minimum Gasteiger partial charge on any atom is -0.121 e. The van der Waals surface area contributed by atoms with Crippen LogP contribution in [-0.4, -0.2) is 5.75 Å². The van der Waals surface area contributed by atoms with E-state index in [1.165, 1.54) is 10.5 Å². The summed E-state index contributed by atoms with van der Waals surface area (Å²) < 4.78 is 0. The lowest BCUT2D eigenvalue weighted by Gasteiger charge is -2.08. The van der Waals surface area contributed by atoms with Crippen molar-refractivity contribution >= 4 is 29.4 Å². The first kappa shape index (κ1) is 7.26. The van der Waals surface area contributed by atoms with Crippen molar-refractivity contribution in [3.8, 4) is 0 Å². The Labute approximate surface area is 75.3 Å². The zero-order valence-corrected chi connectivity index (χ0v) is 7.45. The largest absolute Gasteiger partial charge is 0.121 e. The molecule has 1 heterocycles. The Morgan fingerprint density at radius 2 is 2.27 bits per heavy atom. The van der Waals surface area contributed by atoms with Gasteiger partial charge in [0.1, 0.15) is 0 Å². The molecule has 56 valence electrons. The van der Waals surface area contributed by atoms with Gasteiger partial charge in [-0.3, -0.25) is 0 Å². The number of hydrogen-bond acceptors (Lipinski definition) is 1. The third-order valence-electron chi connectivity index (χ3n) is 1.60. The second-order valence-electron chi connectivity index (χ2n) is 2.40. The summed E-state index contributed by atoms with van der Waals surface area (Å²) in [4.78, 5) is 1.33. The van der Waals surface area contributed by atoms with Crippen molar-refractivity contribution in [2.45, 2.75) is 4.90 Å². The summed E-state index contributed by atoms with van der Waals surface area (Å²) in [5.41, 5.74) is 1.24. The molecule has 0 aromatic heterocycles. The summed E-state index contributed by atoms with van der Waals surface area (Å²) in [6, 6.07) is 6.01. The number of fused-ring (bicyclic) bond motifs is 1. The van der Waals surface area contributed by atoms with Crippen molar-refractivity contribution in [2.24, 2.45) is 0 Å². The number of rotatable bonds is 0. The molecular formula is C9H7ClS. The maximum atomic E-state index is 5.83. The van der Waals surface area contributed by atoms with E-state index in [-0.39, 0.29) is 0 Å². The summed E-state index contributed by atoms with van der Waals surface area (Å²) in [6.45, 7) is 0. The Bertz CT molecular complexity index is 304. The van der Waals surface area contributed by atoms with Crippen LogP contribution in [-0.2, 0) is 0 Å². The molecule has 0 unspecified atom stereocenters. The Morgan fingerprint density at radius 1 is 1.36 bits per heavy atom. The van der Waals surface area contributed by atoms with Crippen LogP contribution < -0.4 is 0 Å². The molecular weight excluding hydrogens is 176 g/mol. The highest BCUT2D eigenvalue weighted by Gasteiger charge is 2.03. The van der Waals surface area contributed by atoms with Gasteiger partial charge in [0.05, 0.1) is 0 Å². The quantitative estimate of drug-likeness (QED) is 0.592. The molecule has 1 aliphatic rings. The highest BCUT2D eigenvalue weighted by molar-refractivity contribution is 7.99. The topological polar surface area (TPSA) is 0 Å². The van der Waals surface area contributed by atoms with E-state index in [0.717, 1.165) is 10.8 Å². The third kappa shape index (κ3) is 1.44. The molecule has 11 heavy (non-hydrogen) atoms. The molecule has 0 fully saturated rings. The highest BCUT2D eigenvalue weighted by atomic mass is 35.5. The van der Waals surface area contributed by atoms with E-state index in [4.69, 9.17) is 11.6 Å². The molecule has 1 aromatic carbocycles. The summed E-state index contributed by atoms with van der Waals surface area (Å²) in [6.07, 6.45) is 4.28. The average Bonchev–Trinajstić information content (AvgIpc) is 2.04. The molecule has 0 N–H and O–H groups in total. The van der Waals surface area contributed by atoms with Crippen LogP contribution >= 0.6 is 23.4 Å². The van der Waals surface area contributed by atoms with Crippen LogP contribution in [0.2, 0.25) is 5.02 Å². The standard InChI is InChI=1S/C9H7ClS/c10-8-3-4-9-7(6-8)2-1-5-11-9/h1-4,6H,5H2. The lowest BCUT2D eigenvalue weighted by atomic mass is 10.2. The zero-order valence-electron chi connectivity index (χ0n) is 5.88. The second kappa shape index (κ2) is 2.92. The van der Waals surface area contributed by atoms with Gasteiger partial charge in [0, 0.05) is 15.7 Å². The van der Waals surface area contributed by atoms with Gasteiger partial charge in [-0.2, -0.15) is 0 Å². The Morgan fingerprint density at radius 3 is 3.18 bits per heavy atom. The van der Waals surface area contributed by atoms with Crippen molar-refractivity contribution in [3.63, 3.8) is 0 Å². The predicted octanol–water partition coefficient (Wildman–Crippen LogP) is 3.46. The van der Waals surface area contributed by atoms with Crippen molar-refractivity contribution in [1.82, 2.24) is 0 Å². The van der Waals surface area contributed by atoms with Crippen LogP contribution in [0.3, 0.4) is 0 Å². The first-order valence-corrected chi connectivity index (χ1v) is 4.81. The lowest BCUT2D eigenvalue weighted by Crippen LogP contribution is -1.86. The van der Waals surface area contributed by atoms with E-state index in [2.05, 4.69) is 18.2 Å². The van der Waals surface area contributed by atoms with Gasteiger partial charge in [0.2, 0.25) is 0 Å². The fourth-order valence-electron chi connectivity index (χ4n) is 1.09. The summed E-state index contributed by atoms with van der Waals surface area (Å²) >= 11 is 7.69. The van der Waals surface area contributed by atoms with E-state index >= 15 is 0 Å². The van der Waals surface area contributed by atoms with Crippen LogP contribution in [0.15, 0.2) is 29.2 Å². The van der Waals surface area contributed by atoms with E-state index in [1.54, 1.807) is 0 Å². The van der Waals surface area contributed by atoms with E-state index in [9.17, 15) is 0 Å². The van der Waals surface area contributed by atoms with Crippen molar-refractivity contribution in [2.75, 3.05) is 5.75 Å². The first-order chi connectivity index (χ1) is 5.36. The molecule has 2 rings (SSSR count). The van der Waals surface area contributed by atoms with Crippen LogP contribution in [0.5, 0.6) is 0 Å². The van der Waals surface area contributed by atoms with Crippen molar-refractivity contribution in [3.05, 3.63) is 34.9 Å². The Kier molecular flexibility index (Phi) is 1.93. The van der Waals surface area contributed by atoms with Gasteiger partial charge in [-0.1, -0.05) is 23.8 Å². The van der Waals surface area contributed by atoms with Gasteiger partial charge < -0.3 is 0 Å². The van der Waals surface area contributed by atoms with E-state index in [1.807, 2.05) is 23.9 Å². The number of benzene rings is 1. The van der Waals surface area contributed by atoms with Gasteiger partial charge in [-0.15, -0.1) is 11.8 Å². The molecule has 2 heteroatoms. The molecule has 0 bridgehead atoms. The normalized spacial score (nSPS) is 14.6. The highest BCUT2D eigenvalue weighted by Crippen LogP contribution is 2.29. The van der Waals surface area contributed by atoms with Crippen LogP contribution in [0, 0.1) is 0 Å². The Balaban J connectivity index is 2.54. The smallest absolute Gasteiger partial charge is 0.0412 e. The van der Waals surface area contributed by atoms with Crippen molar-refractivity contribution in [1.29, 1.82) is 0 Å². The fourth-order valence-corrected chi connectivity index (χ4v) is 2.10. The van der Waals surface area contributed by atoms with Gasteiger partial charge >= 0.3 is 0 Å². The minimum absolute atomic E-state index is 0.816. The van der Waals surface area contributed by atoms with Gasteiger partial charge in [-0.25, -0.2) is 0 Å². The Hall–Kier alpha value is -0.400. The molecule has 0 saturated heterocycles. The summed E-state index contributed by atoms with van der Waals surface area (Å²) in [5, 5.41) is 0.816. The third-order valence-corrected chi connectivity index (χ3v) is 2.88. The van der Waals surface area contributed by atoms with Gasteiger partial charge in [-0.05, 0) is 23.8 Å². The molecule has 0 atom stereocenters. The fraction of sp³-hybridized carbons (Fsp3) is 0.111. The van der Waals surface area contributed by atoms with E-state index in [0.29, 0.717) is 0 Å². The van der Waals surface area contributed by atoms with E-state index < -0.39 is 0 Å². The molecule has 1 aliphatic heterocycles. The monoisotopic (exact) mass is 182 g/mol. The molecule has 0 aliphatic carbocycles. The molecule has 0 nitrogen and oxygen atoms in total. The van der Waals surface area contributed by atoms with Gasteiger partial charge in [0.15, 0.2) is 0 Å². The van der Waals surface area contributed by atoms with Crippen molar-refractivity contribution < 1.29 is 0 Å². The second-order valence-corrected chi connectivity index (χ2v) is 3.89. The predicted molar refractivity (Wildman–Crippen MR) is 51.2 cm³/mol. The minimum atomic E-state index is 0.816. The number of hydrogen-bond donors (Lipinski definition) is 0. The lowest BCUT2D eigenvalue weighted by molar-refractivity contribution is 1.40. The summed E-state index contributed by atoms with van der Waals surface area (Å²) in [7, 11) is 0.